The quantitative estimate of drug-likeness (QED) is 0.565. The van der Waals surface area contributed by atoms with Gasteiger partial charge in [0.1, 0.15) is 5.82 Å². The number of hydrogen-bond donors (Lipinski definition) is 2. The molecular weight excluding hydrogens is 362 g/mol. The van der Waals surface area contributed by atoms with Crippen LogP contribution in [0.15, 0.2) is 71.8 Å². The van der Waals surface area contributed by atoms with Gasteiger partial charge < -0.3 is 11.1 Å². The van der Waals surface area contributed by atoms with Crippen LogP contribution in [-0.4, -0.2) is 29.4 Å². The average Bonchev–Trinajstić information content (AvgIpc) is 3.13. The lowest BCUT2D eigenvalue weighted by atomic mass is 10.1. The zero-order valence-corrected chi connectivity index (χ0v) is 15.3. The molecule has 0 bridgehead atoms. The van der Waals surface area contributed by atoms with Crippen LogP contribution in [0.1, 0.15) is 0 Å². The van der Waals surface area contributed by atoms with E-state index in [9.17, 15) is 8.42 Å². The highest BCUT2D eigenvalue weighted by molar-refractivity contribution is 7.90. The Hall–Kier alpha value is -3.39. The van der Waals surface area contributed by atoms with Crippen molar-refractivity contribution >= 4 is 32.7 Å². The second-order valence-corrected chi connectivity index (χ2v) is 7.73. The Morgan fingerprint density at radius 3 is 2.52 bits per heavy atom. The van der Waals surface area contributed by atoms with E-state index in [1.54, 1.807) is 67.8 Å². The van der Waals surface area contributed by atoms with E-state index in [0.29, 0.717) is 17.0 Å². The molecule has 136 valence electrons. The van der Waals surface area contributed by atoms with Crippen LogP contribution in [0.4, 0.5) is 11.8 Å². The Kier molecular flexibility index (Phi) is 4.04. The Balaban J connectivity index is 1.92. The van der Waals surface area contributed by atoms with E-state index < -0.39 is 10.0 Å². The van der Waals surface area contributed by atoms with Crippen LogP contribution >= 0.6 is 0 Å². The van der Waals surface area contributed by atoms with Gasteiger partial charge in [-0.2, -0.15) is 4.98 Å². The van der Waals surface area contributed by atoms with E-state index in [2.05, 4.69) is 15.3 Å². The average molecular weight is 379 g/mol. The topological polar surface area (TPSA) is 103 Å². The van der Waals surface area contributed by atoms with Gasteiger partial charge in [-0.3, -0.25) is 0 Å². The van der Waals surface area contributed by atoms with Crippen LogP contribution < -0.4 is 11.1 Å². The van der Waals surface area contributed by atoms with E-state index in [1.807, 2.05) is 6.07 Å². The molecule has 0 aliphatic rings. The summed E-state index contributed by atoms with van der Waals surface area (Å²) >= 11 is 0. The lowest BCUT2D eigenvalue weighted by Crippen LogP contribution is -2.11. The first-order valence-corrected chi connectivity index (χ1v) is 9.68. The van der Waals surface area contributed by atoms with Crippen LogP contribution in [0.3, 0.4) is 0 Å². The molecule has 0 unspecified atom stereocenters. The predicted octanol–water partition coefficient (Wildman–Crippen LogP) is 2.96. The normalized spacial score (nSPS) is 11.6. The molecule has 4 rings (SSSR count). The van der Waals surface area contributed by atoms with Gasteiger partial charge >= 0.3 is 0 Å². The Bertz CT molecular complexity index is 1230. The molecule has 3 N–H and O–H groups in total. The summed E-state index contributed by atoms with van der Waals surface area (Å²) in [7, 11) is -1.95. The van der Waals surface area contributed by atoms with Crippen LogP contribution in [0.25, 0.3) is 22.2 Å². The first kappa shape index (κ1) is 17.0. The highest BCUT2D eigenvalue weighted by Gasteiger charge is 2.20. The van der Waals surface area contributed by atoms with Crippen LogP contribution in [0.2, 0.25) is 0 Å². The maximum Gasteiger partial charge on any atom is 0.268 e. The van der Waals surface area contributed by atoms with E-state index in [-0.39, 0.29) is 10.8 Å². The molecule has 0 spiro atoms. The number of aromatic nitrogens is 3. The molecule has 0 radical (unpaired) electrons. The molecule has 8 heteroatoms. The molecule has 0 saturated heterocycles. The van der Waals surface area contributed by atoms with Gasteiger partial charge in [-0.1, -0.05) is 30.3 Å². The maximum absolute atomic E-state index is 13.0. The van der Waals surface area contributed by atoms with Gasteiger partial charge in [-0.05, 0) is 24.3 Å². The summed E-state index contributed by atoms with van der Waals surface area (Å²) in [6.07, 6.45) is 1.56. The van der Waals surface area contributed by atoms with Gasteiger partial charge in [0.15, 0.2) is 0 Å². The lowest BCUT2D eigenvalue weighted by molar-refractivity contribution is 0.589. The van der Waals surface area contributed by atoms with Crippen LogP contribution in [0, 0.1) is 0 Å². The summed E-state index contributed by atoms with van der Waals surface area (Å²) in [6.45, 7) is 0. The zero-order valence-electron chi connectivity index (χ0n) is 14.5. The van der Waals surface area contributed by atoms with Gasteiger partial charge in [0.05, 0.1) is 16.1 Å². The Morgan fingerprint density at radius 2 is 1.78 bits per heavy atom. The number of anilines is 2. The number of benzene rings is 2. The molecule has 4 aromatic rings. The fourth-order valence-electron chi connectivity index (χ4n) is 3.01. The first-order chi connectivity index (χ1) is 13.0. The van der Waals surface area contributed by atoms with Gasteiger partial charge in [-0.15, -0.1) is 0 Å². The third kappa shape index (κ3) is 2.89. The SMILES string of the molecule is CNc1cc(-c2cccc3c2ccn3S(=O)(=O)c2ccccc2)nc(N)n1. The molecule has 2 aromatic carbocycles. The largest absolute Gasteiger partial charge is 0.373 e. The maximum atomic E-state index is 13.0. The minimum atomic E-state index is -3.70. The Morgan fingerprint density at radius 1 is 1.00 bits per heavy atom. The van der Waals surface area contributed by atoms with Gasteiger partial charge in [0, 0.05) is 30.3 Å². The van der Waals surface area contributed by atoms with Gasteiger partial charge in [0.25, 0.3) is 10.0 Å². The number of nitrogens with zero attached hydrogens (tertiary/aromatic N) is 3. The summed E-state index contributed by atoms with van der Waals surface area (Å²) in [5.74, 6) is 0.732. The van der Waals surface area contributed by atoms with E-state index in [0.717, 1.165) is 10.9 Å². The highest BCUT2D eigenvalue weighted by atomic mass is 32.2. The minimum Gasteiger partial charge on any atom is -0.373 e. The second-order valence-electron chi connectivity index (χ2n) is 5.91. The van der Waals surface area contributed by atoms with Gasteiger partial charge in [0.2, 0.25) is 5.95 Å². The second kappa shape index (κ2) is 6.40. The van der Waals surface area contributed by atoms with E-state index in [1.165, 1.54) is 3.97 Å². The van der Waals surface area contributed by atoms with Crippen LogP contribution in [0.5, 0.6) is 0 Å². The summed E-state index contributed by atoms with van der Waals surface area (Å²) in [4.78, 5) is 8.63. The van der Waals surface area contributed by atoms with Crippen molar-refractivity contribution in [2.24, 2.45) is 0 Å². The van der Waals surface area contributed by atoms with E-state index >= 15 is 0 Å². The fourth-order valence-corrected chi connectivity index (χ4v) is 4.38. The van der Waals surface area contributed by atoms with Crippen molar-refractivity contribution in [3.8, 4) is 11.3 Å². The number of fused-ring (bicyclic) bond motifs is 1. The molecule has 7 nitrogen and oxygen atoms in total. The molecule has 0 aliphatic heterocycles. The van der Waals surface area contributed by atoms with Crippen LogP contribution in [-0.2, 0) is 10.0 Å². The number of rotatable bonds is 4. The van der Waals surface area contributed by atoms with E-state index in [4.69, 9.17) is 5.73 Å². The molecule has 0 atom stereocenters. The summed E-state index contributed by atoms with van der Waals surface area (Å²) in [5, 5.41) is 3.71. The van der Waals surface area contributed by atoms with Crippen molar-refractivity contribution < 1.29 is 8.42 Å². The summed E-state index contributed by atoms with van der Waals surface area (Å²) in [6, 6.07) is 17.3. The molecule has 0 aliphatic carbocycles. The lowest BCUT2D eigenvalue weighted by Gasteiger charge is -2.09. The summed E-state index contributed by atoms with van der Waals surface area (Å²) < 4.78 is 27.3. The molecule has 2 aromatic heterocycles. The first-order valence-electron chi connectivity index (χ1n) is 8.24. The van der Waals surface area contributed by atoms with Crippen molar-refractivity contribution in [3.63, 3.8) is 0 Å². The van der Waals surface area contributed by atoms with Crippen molar-refractivity contribution in [3.05, 3.63) is 66.9 Å². The van der Waals surface area contributed by atoms with Crippen molar-refractivity contribution in [2.75, 3.05) is 18.1 Å². The number of hydrogen-bond acceptors (Lipinski definition) is 6. The molecule has 27 heavy (non-hydrogen) atoms. The monoisotopic (exact) mass is 379 g/mol. The Labute approximate surface area is 156 Å². The summed E-state index contributed by atoms with van der Waals surface area (Å²) in [5.41, 5.74) is 7.77. The zero-order chi connectivity index (χ0) is 19.0. The molecule has 0 amide bonds. The standard InChI is InChI=1S/C19H17N5O2S/c1-21-18-12-16(22-19(20)23-18)14-8-5-9-17-15(14)10-11-24(17)27(25,26)13-6-3-2-4-7-13/h2-12H,1H3,(H3,20,21,22,23). The van der Waals surface area contributed by atoms with Crippen molar-refractivity contribution in [1.29, 1.82) is 0 Å². The smallest absolute Gasteiger partial charge is 0.268 e. The third-order valence-electron chi connectivity index (χ3n) is 4.27. The number of nitrogens with one attached hydrogen (secondary N) is 1. The predicted molar refractivity (Wildman–Crippen MR) is 106 cm³/mol. The van der Waals surface area contributed by atoms with Gasteiger partial charge in [-0.25, -0.2) is 17.4 Å². The molecule has 2 heterocycles. The number of nitrogens with two attached hydrogens (primary N) is 1. The molecule has 0 fully saturated rings. The third-order valence-corrected chi connectivity index (χ3v) is 5.98. The van der Waals surface area contributed by atoms with Crippen molar-refractivity contribution in [2.45, 2.75) is 4.90 Å². The molecule has 0 saturated carbocycles. The fraction of sp³-hybridized carbons (Fsp3) is 0.0526. The number of nitrogen functional groups attached to an aromatic ring is 1. The molecular formula is C19H17N5O2S. The minimum absolute atomic E-state index is 0.144. The highest BCUT2D eigenvalue weighted by Crippen LogP contribution is 2.31. The van der Waals surface area contributed by atoms with Crippen molar-refractivity contribution in [1.82, 2.24) is 13.9 Å².